The fourth-order valence-corrected chi connectivity index (χ4v) is 3.73. The van der Waals surface area contributed by atoms with E-state index >= 15 is 0 Å². The van der Waals surface area contributed by atoms with E-state index in [2.05, 4.69) is 24.3 Å². The molecule has 2 aliphatic rings. The minimum Gasteiger partial charge on any atom is -0.481 e. The van der Waals surface area contributed by atoms with E-state index in [1.807, 2.05) is 0 Å². The standard InChI is InChI=1S/C18H24O2/c19-17(20)13-18(11-12-18)16-9-7-15(8-10-16)14-5-3-1-2-4-6-14/h7-10,14H,1-6,11-13H2,(H,19,20). The van der Waals surface area contributed by atoms with Gasteiger partial charge in [-0.3, -0.25) is 4.79 Å². The Hall–Kier alpha value is -1.31. The third-order valence-electron chi connectivity index (χ3n) is 5.19. The number of hydrogen-bond donors (Lipinski definition) is 1. The molecule has 1 aromatic rings. The van der Waals surface area contributed by atoms with Gasteiger partial charge in [-0.1, -0.05) is 49.9 Å². The molecular formula is C18H24O2. The first-order valence-electron chi connectivity index (χ1n) is 8.02. The minimum absolute atomic E-state index is 0.0478. The smallest absolute Gasteiger partial charge is 0.304 e. The lowest BCUT2D eigenvalue weighted by Crippen LogP contribution is -2.13. The van der Waals surface area contributed by atoms with Gasteiger partial charge in [-0.25, -0.2) is 0 Å². The van der Waals surface area contributed by atoms with Crippen LogP contribution in [0.4, 0.5) is 0 Å². The number of hydrogen-bond acceptors (Lipinski definition) is 1. The van der Waals surface area contributed by atoms with Crippen LogP contribution < -0.4 is 0 Å². The number of aliphatic carboxylic acids is 1. The predicted molar refractivity (Wildman–Crippen MR) is 80.0 cm³/mol. The Kier molecular flexibility index (Phi) is 3.82. The van der Waals surface area contributed by atoms with Crippen molar-refractivity contribution in [3.8, 4) is 0 Å². The summed E-state index contributed by atoms with van der Waals surface area (Å²) in [6, 6.07) is 8.90. The molecule has 0 aliphatic heterocycles. The first kappa shape index (κ1) is 13.7. The number of carbonyl (C=O) groups is 1. The van der Waals surface area contributed by atoms with E-state index in [-0.39, 0.29) is 11.8 Å². The average Bonchev–Trinajstić information content (AvgIpc) is 3.22. The quantitative estimate of drug-likeness (QED) is 0.811. The monoisotopic (exact) mass is 272 g/mol. The second-order valence-electron chi connectivity index (χ2n) is 6.66. The summed E-state index contributed by atoms with van der Waals surface area (Å²) >= 11 is 0. The lowest BCUT2D eigenvalue weighted by Gasteiger charge is -2.17. The fourth-order valence-electron chi connectivity index (χ4n) is 3.73. The van der Waals surface area contributed by atoms with Crippen LogP contribution in [0.2, 0.25) is 0 Å². The molecule has 20 heavy (non-hydrogen) atoms. The summed E-state index contributed by atoms with van der Waals surface area (Å²) in [7, 11) is 0. The van der Waals surface area contributed by atoms with Gasteiger partial charge in [-0.2, -0.15) is 0 Å². The summed E-state index contributed by atoms with van der Waals surface area (Å²) in [5, 5.41) is 9.04. The molecule has 0 saturated heterocycles. The van der Waals surface area contributed by atoms with Crippen LogP contribution in [-0.4, -0.2) is 11.1 Å². The van der Waals surface area contributed by atoms with Crippen molar-refractivity contribution in [3.63, 3.8) is 0 Å². The molecule has 2 nitrogen and oxygen atoms in total. The Balaban J connectivity index is 1.72. The van der Waals surface area contributed by atoms with Crippen molar-refractivity contribution < 1.29 is 9.90 Å². The summed E-state index contributed by atoms with van der Waals surface area (Å²) in [5.41, 5.74) is 2.65. The van der Waals surface area contributed by atoms with Gasteiger partial charge in [0, 0.05) is 5.41 Å². The predicted octanol–water partition coefficient (Wildman–Crippen LogP) is 4.63. The Morgan fingerprint density at radius 3 is 2.15 bits per heavy atom. The molecule has 0 spiro atoms. The molecule has 2 aliphatic carbocycles. The molecule has 0 amide bonds. The first-order valence-corrected chi connectivity index (χ1v) is 8.02. The normalized spacial score (nSPS) is 22.2. The number of carboxylic acid groups (broad SMARTS) is 1. The minimum atomic E-state index is -0.671. The highest BCUT2D eigenvalue weighted by Crippen LogP contribution is 2.51. The first-order chi connectivity index (χ1) is 9.70. The maximum atomic E-state index is 11.0. The van der Waals surface area contributed by atoms with E-state index in [0.717, 1.165) is 18.8 Å². The zero-order chi connectivity index (χ0) is 14.0. The van der Waals surface area contributed by atoms with Gasteiger partial charge in [0.2, 0.25) is 0 Å². The molecule has 2 heteroatoms. The van der Waals surface area contributed by atoms with Crippen molar-refractivity contribution >= 4 is 5.97 Å². The number of benzene rings is 1. The largest absolute Gasteiger partial charge is 0.481 e. The third-order valence-corrected chi connectivity index (χ3v) is 5.19. The zero-order valence-electron chi connectivity index (χ0n) is 12.1. The molecule has 0 radical (unpaired) electrons. The number of carboxylic acids is 1. The van der Waals surface area contributed by atoms with E-state index in [1.165, 1.54) is 49.7 Å². The van der Waals surface area contributed by atoms with Crippen molar-refractivity contribution in [3.05, 3.63) is 35.4 Å². The average molecular weight is 272 g/mol. The topological polar surface area (TPSA) is 37.3 Å². The molecule has 2 saturated carbocycles. The van der Waals surface area contributed by atoms with Gasteiger partial charge in [0.25, 0.3) is 0 Å². The number of rotatable bonds is 4. The van der Waals surface area contributed by atoms with Crippen molar-refractivity contribution in [2.45, 2.75) is 69.1 Å². The summed E-state index contributed by atoms with van der Waals surface area (Å²) in [6.07, 6.45) is 10.5. The Labute approximate surface area is 121 Å². The molecule has 0 bridgehead atoms. The second kappa shape index (κ2) is 5.59. The van der Waals surface area contributed by atoms with Crippen LogP contribution in [0, 0.1) is 0 Å². The maximum Gasteiger partial charge on any atom is 0.304 e. The van der Waals surface area contributed by atoms with Crippen molar-refractivity contribution in [2.24, 2.45) is 0 Å². The van der Waals surface area contributed by atoms with Crippen LogP contribution in [0.5, 0.6) is 0 Å². The highest BCUT2D eigenvalue weighted by atomic mass is 16.4. The summed E-state index contributed by atoms with van der Waals surface area (Å²) in [6.45, 7) is 0. The van der Waals surface area contributed by atoms with Crippen LogP contribution in [0.1, 0.15) is 74.8 Å². The molecule has 1 aromatic carbocycles. The van der Waals surface area contributed by atoms with E-state index in [1.54, 1.807) is 0 Å². The van der Waals surface area contributed by atoms with E-state index < -0.39 is 5.97 Å². The highest BCUT2D eigenvalue weighted by Gasteiger charge is 2.45. The lowest BCUT2D eigenvalue weighted by atomic mass is 9.87. The highest BCUT2D eigenvalue weighted by molar-refractivity contribution is 5.70. The molecule has 0 atom stereocenters. The fraction of sp³-hybridized carbons (Fsp3) is 0.611. The van der Waals surface area contributed by atoms with Crippen molar-refractivity contribution in [1.29, 1.82) is 0 Å². The van der Waals surface area contributed by atoms with E-state index in [9.17, 15) is 4.79 Å². The van der Waals surface area contributed by atoms with E-state index in [4.69, 9.17) is 5.11 Å². The SMILES string of the molecule is O=C(O)CC1(c2ccc(C3CCCCCC3)cc2)CC1. The van der Waals surface area contributed by atoms with Gasteiger partial charge >= 0.3 is 5.97 Å². The molecule has 108 valence electrons. The molecule has 0 unspecified atom stereocenters. The second-order valence-corrected chi connectivity index (χ2v) is 6.66. The molecule has 0 heterocycles. The molecule has 3 rings (SSSR count). The van der Waals surface area contributed by atoms with Crippen LogP contribution in [0.15, 0.2) is 24.3 Å². The maximum absolute atomic E-state index is 11.0. The van der Waals surface area contributed by atoms with Gasteiger partial charge in [0.05, 0.1) is 6.42 Å². The van der Waals surface area contributed by atoms with Crippen molar-refractivity contribution in [2.75, 3.05) is 0 Å². The van der Waals surface area contributed by atoms with Crippen molar-refractivity contribution in [1.82, 2.24) is 0 Å². The van der Waals surface area contributed by atoms with Crippen LogP contribution in [0.25, 0.3) is 0 Å². The van der Waals surface area contributed by atoms with Gasteiger partial charge in [-0.05, 0) is 42.7 Å². The lowest BCUT2D eigenvalue weighted by molar-refractivity contribution is -0.137. The third kappa shape index (κ3) is 2.89. The van der Waals surface area contributed by atoms with Gasteiger partial charge in [0.15, 0.2) is 0 Å². The molecule has 0 aromatic heterocycles. The van der Waals surface area contributed by atoms with Crippen LogP contribution in [-0.2, 0) is 10.2 Å². The van der Waals surface area contributed by atoms with Gasteiger partial charge in [0.1, 0.15) is 0 Å². The Morgan fingerprint density at radius 2 is 1.65 bits per heavy atom. The summed E-state index contributed by atoms with van der Waals surface area (Å²) in [5.74, 6) is 0.0523. The Morgan fingerprint density at radius 1 is 1.05 bits per heavy atom. The van der Waals surface area contributed by atoms with E-state index in [0.29, 0.717) is 0 Å². The van der Waals surface area contributed by atoms with Gasteiger partial charge in [-0.15, -0.1) is 0 Å². The molecule has 2 fully saturated rings. The summed E-state index contributed by atoms with van der Waals surface area (Å²) in [4.78, 5) is 11.0. The molecule has 1 N–H and O–H groups in total. The summed E-state index contributed by atoms with van der Waals surface area (Å²) < 4.78 is 0. The van der Waals surface area contributed by atoms with Crippen LogP contribution >= 0.6 is 0 Å². The molecular weight excluding hydrogens is 248 g/mol. The Bertz CT molecular complexity index is 463. The van der Waals surface area contributed by atoms with Crippen LogP contribution in [0.3, 0.4) is 0 Å². The zero-order valence-corrected chi connectivity index (χ0v) is 12.1. The van der Waals surface area contributed by atoms with Gasteiger partial charge < -0.3 is 5.11 Å².